The molecule has 0 N–H and O–H groups in total. The molecule has 0 saturated heterocycles. The van der Waals surface area contributed by atoms with E-state index < -0.39 is 0 Å². The van der Waals surface area contributed by atoms with Crippen LogP contribution in [-0.4, -0.2) is 17.3 Å². The fourth-order valence-corrected chi connectivity index (χ4v) is 6.69. The molecule has 3 heteroatoms. The van der Waals surface area contributed by atoms with Crippen molar-refractivity contribution < 1.29 is 14.4 Å². The molecule has 0 heterocycles. The molecule has 3 rings (SSSR count). The molecule has 2 aromatic carbocycles. The van der Waals surface area contributed by atoms with Crippen LogP contribution in [0.3, 0.4) is 0 Å². The van der Waals surface area contributed by atoms with Crippen LogP contribution in [0.4, 0.5) is 0 Å². The summed E-state index contributed by atoms with van der Waals surface area (Å²) in [5.41, 5.74) is 8.59. The summed E-state index contributed by atoms with van der Waals surface area (Å²) in [4.78, 5) is 38.3. The highest BCUT2D eigenvalue weighted by atomic mass is 16.1. The van der Waals surface area contributed by atoms with E-state index in [2.05, 4.69) is 71.9 Å². The molecule has 38 heavy (non-hydrogen) atoms. The number of aryl methyl sites for hydroxylation is 3. The molecule has 206 valence electrons. The lowest BCUT2D eigenvalue weighted by atomic mass is 9.70. The Bertz CT molecular complexity index is 1140. The first-order valence-electron chi connectivity index (χ1n) is 14.8. The zero-order valence-electron chi connectivity index (χ0n) is 24.8. The van der Waals surface area contributed by atoms with E-state index in [1.807, 2.05) is 0 Å². The van der Waals surface area contributed by atoms with Gasteiger partial charge in [-0.1, -0.05) is 76.4 Å². The summed E-state index contributed by atoms with van der Waals surface area (Å²) in [6.07, 6.45) is 7.03. The number of rotatable bonds is 13. The van der Waals surface area contributed by atoms with Crippen molar-refractivity contribution in [2.24, 2.45) is 17.8 Å². The number of carbonyl (C=O) groups excluding carboxylic acids is 3. The molecule has 3 unspecified atom stereocenters. The van der Waals surface area contributed by atoms with Crippen LogP contribution in [0.25, 0.3) is 0 Å². The van der Waals surface area contributed by atoms with Crippen molar-refractivity contribution >= 4 is 17.3 Å². The smallest absolute Gasteiger partial charge is 0.163 e. The van der Waals surface area contributed by atoms with Gasteiger partial charge in [0.15, 0.2) is 5.78 Å². The topological polar surface area (TPSA) is 51.2 Å². The molecule has 0 aromatic heterocycles. The molecular weight excluding hydrogens is 468 g/mol. The minimum atomic E-state index is -0.0918. The third kappa shape index (κ3) is 7.30. The third-order valence-electron chi connectivity index (χ3n) is 8.65. The molecule has 0 radical (unpaired) electrons. The maximum Gasteiger partial charge on any atom is 0.163 e. The highest BCUT2D eigenvalue weighted by Gasteiger charge is 2.34. The number of hydrogen-bond donors (Lipinski definition) is 0. The monoisotopic (exact) mass is 516 g/mol. The molecule has 0 saturated carbocycles. The number of fused-ring (bicyclic) bond motifs is 1. The van der Waals surface area contributed by atoms with Gasteiger partial charge in [0.25, 0.3) is 0 Å². The van der Waals surface area contributed by atoms with Gasteiger partial charge in [0.2, 0.25) is 0 Å². The molecule has 0 spiro atoms. The van der Waals surface area contributed by atoms with Crippen LogP contribution >= 0.6 is 0 Å². The Morgan fingerprint density at radius 2 is 1.68 bits per heavy atom. The Hall–Kier alpha value is -2.55. The lowest BCUT2D eigenvalue weighted by Crippen LogP contribution is -2.30. The van der Waals surface area contributed by atoms with Gasteiger partial charge in [-0.05, 0) is 98.4 Å². The fraction of sp³-hybridized carbons (Fsp3) is 0.571. The van der Waals surface area contributed by atoms with Crippen molar-refractivity contribution in [3.63, 3.8) is 0 Å². The second-order valence-corrected chi connectivity index (χ2v) is 12.1. The van der Waals surface area contributed by atoms with Gasteiger partial charge in [-0.3, -0.25) is 14.4 Å². The third-order valence-corrected chi connectivity index (χ3v) is 8.65. The standard InChI is InChI=1S/C35H48O3/c1-8-10-29(30(9-2)33(37)17-24(6)36)18-27-19-32-31(22(3)4)21-28(25(7)35(32)34(38)20-27)16-15-26-13-11-23(5)12-14-26/h11-14,21-22,27,29-30H,8-10,15-20H2,1-7H3. The largest absolute Gasteiger partial charge is 0.300 e. The van der Waals surface area contributed by atoms with E-state index in [0.29, 0.717) is 12.3 Å². The van der Waals surface area contributed by atoms with E-state index >= 15 is 0 Å². The van der Waals surface area contributed by atoms with Gasteiger partial charge in [-0.25, -0.2) is 0 Å². The van der Waals surface area contributed by atoms with Crippen LogP contribution in [-0.2, 0) is 28.9 Å². The van der Waals surface area contributed by atoms with E-state index in [9.17, 15) is 14.4 Å². The second kappa shape index (κ2) is 13.5. The van der Waals surface area contributed by atoms with Crippen molar-refractivity contribution in [2.75, 3.05) is 0 Å². The molecular formula is C35H48O3. The van der Waals surface area contributed by atoms with Gasteiger partial charge in [0.05, 0.1) is 6.42 Å². The van der Waals surface area contributed by atoms with Crippen molar-refractivity contribution in [1.29, 1.82) is 0 Å². The zero-order chi connectivity index (χ0) is 28.0. The van der Waals surface area contributed by atoms with Crippen LogP contribution in [0.15, 0.2) is 30.3 Å². The van der Waals surface area contributed by atoms with Gasteiger partial charge in [-0.15, -0.1) is 0 Å². The van der Waals surface area contributed by atoms with Crippen molar-refractivity contribution in [3.8, 4) is 0 Å². The number of Topliss-reactive ketones (excluding diaryl/α,β-unsaturated/α-hetero) is 3. The quantitative estimate of drug-likeness (QED) is 0.251. The maximum absolute atomic E-state index is 13.7. The highest BCUT2D eigenvalue weighted by Crippen LogP contribution is 2.40. The van der Waals surface area contributed by atoms with Crippen LogP contribution in [0.1, 0.15) is 123 Å². The first kappa shape index (κ1) is 30.0. The molecule has 2 aromatic rings. The molecule has 1 aliphatic carbocycles. The normalized spacial score (nSPS) is 16.8. The van der Waals surface area contributed by atoms with E-state index in [1.54, 1.807) is 0 Å². The number of hydrogen-bond acceptors (Lipinski definition) is 3. The van der Waals surface area contributed by atoms with Crippen molar-refractivity contribution in [3.05, 3.63) is 69.3 Å². The Balaban J connectivity index is 1.87. The summed E-state index contributed by atoms with van der Waals surface area (Å²) >= 11 is 0. The van der Waals surface area contributed by atoms with Gasteiger partial charge >= 0.3 is 0 Å². The number of benzene rings is 2. The molecule has 0 amide bonds. The summed E-state index contributed by atoms with van der Waals surface area (Å²) in [5.74, 6) is 1.03. The number of ketones is 3. The lowest BCUT2D eigenvalue weighted by Gasteiger charge is -2.33. The number of carbonyl (C=O) groups is 3. The summed E-state index contributed by atoms with van der Waals surface area (Å²) in [6, 6.07) is 11.1. The average Bonchev–Trinajstić information content (AvgIpc) is 2.84. The predicted octanol–water partition coefficient (Wildman–Crippen LogP) is 8.34. The second-order valence-electron chi connectivity index (χ2n) is 12.1. The van der Waals surface area contributed by atoms with Crippen molar-refractivity contribution in [1.82, 2.24) is 0 Å². The van der Waals surface area contributed by atoms with Gasteiger partial charge in [0.1, 0.15) is 11.6 Å². The van der Waals surface area contributed by atoms with E-state index in [4.69, 9.17) is 0 Å². The minimum absolute atomic E-state index is 0.0349. The van der Waals surface area contributed by atoms with Gasteiger partial charge in [-0.2, -0.15) is 0 Å². The minimum Gasteiger partial charge on any atom is -0.300 e. The summed E-state index contributed by atoms with van der Waals surface area (Å²) in [7, 11) is 0. The molecule has 1 aliphatic rings. The first-order valence-corrected chi connectivity index (χ1v) is 14.8. The van der Waals surface area contributed by atoms with Crippen LogP contribution in [0, 0.1) is 31.6 Å². The molecule has 3 nitrogen and oxygen atoms in total. The van der Waals surface area contributed by atoms with Gasteiger partial charge in [0, 0.05) is 17.9 Å². The molecule has 0 aliphatic heterocycles. The SMILES string of the molecule is CCCC(CC1CC(=O)c2c(C)c(CCc3ccc(C)cc3)cc(C(C)C)c2C1)C(CC)C(=O)CC(C)=O. The average molecular weight is 517 g/mol. The van der Waals surface area contributed by atoms with E-state index in [1.165, 1.54) is 34.7 Å². The Morgan fingerprint density at radius 1 is 1.00 bits per heavy atom. The fourth-order valence-electron chi connectivity index (χ4n) is 6.69. The Kier molecular flexibility index (Phi) is 10.7. The first-order chi connectivity index (χ1) is 18.0. The van der Waals surface area contributed by atoms with E-state index in [0.717, 1.165) is 56.1 Å². The molecule has 3 atom stereocenters. The summed E-state index contributed by atoms with van der Waals surface area (Å²) < 4.78 is 0. The predicted molar refractivity (Wildman–Crippen MR) is 157 cm³/mol. The van der Waals surface area contributed by atoms with E-state index in [-0.39, 0.29) is 41.5 Å². The lowest BCUT2D eigenvalue weighted by molar-refractivity contribution is -0.129. The summed E-state index contributed by atoms with van der Waals surface area (Å²) in [6.45, 7) is 14.4. The molecule has 0 fully saturated rings. The van der Waals surface area contributed by atoms with Crippen molar-refractivity contribution in [2.45, 2.75) is 112 Å². The summed E-state index contributed by atoms with van der Waals surface area (Å²) in [5, 5.41) is 0. The zero-order valence-corrected chi connectivity index (χ0v) is 24.8. The Labute approximate surface area is 230 Å². The highest BCUT2D eigenvalue weighted by molar-refractivity contribution is 6.01. The molecule has 0 bridgehead atoms. The van der Waals surface area contributed by atoms with Gasteiger partial charge < -0.3 is 0 Å². The Morgan fingerprint density at radius 3 is 2.26 bits per heavy atom. The van der Waals surface area contributed by atoms with Crippen LogP contribution in [0.5, 0.6) is 0 Å². The van der Waals surface area contributed by atoms with Crippen LogP contribution in [0.2, 0.25) is 0 Å². The maximum atomic E-state index is 13.7. The van der Waals surface area contributed by atoms with Crippen LogP contribution < -0.4 is 0 Å².